The molecule has 6 aromatic rings. The number of benzene rings is 4. The minimum absolute atomic E-state index is 0.149. The van der Waals surface area contributed by atoms with Crippen LogP contribution in [0.2, 0.25) is 0 Å². The summed E-state index contributed by atoms with van der Waals surface area (Å²) in [5.41, 5.74) is 6.90. The highest BCUT2D eigenvalue weighted by Crippen LogP contribution is 2.36. The average Bonchev–Trinajstić information content (AvgIpc) is 3.75. The number of ether oxygens (including phenoxy) is 4. The topological polar surface area (TPSA) is 171 Å². The number of anilines is 1. The number of furan rings is 1. The Balaban J connectivity index is 0.859. The molecule has 13 heteroatoms. The van der Waals surface area contributed by atoms with Gasteiger partial charge < -0.3 is 53.6 Å². The molecule has 1 unspecified atom stereocenters. The lowest BCUT2D eigenvalue weighted by molar-refractivity contribution is -0.121. The molecule has 0 spiro atoms. The van der Waals surface area contributed by atoms with Crippen molar-refractivity contribution < 1.29 is 48.0 Å². The fourth-order valence-electron chi connectivity index (χ4n) is 6.68. The second-order valence-electron chi connectivity index (χ2n) is 13.5. The number of phenolic OH excluding ortho intramolecular Hbond substituents is 2. The van der Waals surface area contributed by atoms with E-state index in [4.69, 9.17) is 23.4 Å². The van der Waals surface area contributed by atoms with Gasteiger partial charge in [0, 0.05) is 53.5 Å². The van der Waals surface area contributed by atoms with Crippen molar-refractivity contribution in [1.29, 1.82) is 0 Å². The van der Waals surface area contributed by atoms with E-state index in [1.807, 2.05) is 49.4 Å². The van der Waals surface area contributed by atoms with E-state index in [-0.39, 0.29) is 42.9 Å². The van der Waals surface area contributed by atoms with E-state index < -0.39 is 5.92 Å². The summed E-state index contributed by atoms with van der Waals surface area (Å²) >= 11 is 0. The highest BCUT2D eigenvalue weighted by atomic mass is 16.6. The fraction of sp³-hybridized carbons (Fsp3) is 0.295. The predicted octanol–water partition coefficient (Wildman–Crippen LogP) is 6.70. The van der Waals surface area contributed by atoms with Gasteiger partial charge in [-0.15, -0.1) is 0 Å². The maximum absolute atomic E-state index is 12.5. The molecule has 6 rings (SSSR count). The molecule has 57 heavy (non-hydrogen) atoms. The van der Waals surface area contributed by atoms with E-state index >= 15 is 0 Å². The van der Waals surface area contributed by atoms with E-state index in [1.165, 1.54) is 6.26 Å². The summed E-state index contributed by atoms with van der Waals surface area (Å²) in [6.45, 7) is 4.51. The lowest BCUT2D eigenvalue weighted by atomic mass is 9.95. The molecule has 13 nitrogen and oxygen atoms in total. The van der Waals surface area contributed by atoms with Crippen LogP contribution < -0.4 is 15.4 Å². The highest BCUT2D eigenvalue weighted by Gasteiger charge is 2.19. The number of rotatable bonds is 21. The first-order valence-corrected chi connectivity index (χ1v) is 18.8. The molecule has 0 radical (unpaired) electrons. The number of carbonyl (C=O) groups excluding carboxylic acids is 3. The van der Waals surface area contributed by atoms with Gasteiger partial charge in [-0.1, -0.05) is 12.1 Å². The first-order chi connectivity index (χ1) is 27.7. The van der Waals surface area contributed by atoms with Gasteiger partial charge in [-0.05, 0) is 103 Å². The molecule has 0 aliphatic rings. The van der Waals surface area contributed by atoms with Crippen molar-refractivity contribution >= 4 is 45.7 Å². The molecule has 0 saturated heterocycles. The number of aldehydes is 1. The smallest absolute Gasteiger partial charge is 0.250 e. The van der Waals surface area contributed by atoms with Gasteiger partial charge >= 0.3 is 0 Å². The first-order valence-electron chi connectivity index (χ1n) is 18.8. The summed E-state index contributed by atoms with van der Waals surface area (Å²) in [5, 5.41) is 27.0. The number of hydrogen-bond donors (Lipinski definition) is 4. The Kier molecular flexibility index (Phi) is 14.0. The largest absolute Gasteiger partial charge is 0.508 e. The number of hydrogen-bond acceptors (Lipinski definition) is 10. The third-order valence-corrected chi connectivity index (χ3v) is 9.59. The van der Waals surface area contributed by atoms with Crippen molar-refractivity contribution in [3.63, 3.8) is 0 Å². The van der Waals surface area contributed by atoms with Crippen LogP contribution in [0.15, 0.2) is 95.6 Å². The van der Waals surface area contributed by atoms with Gasteiger partial charge in [0.25, 0.3) is 0 Å². The summed E-state index contributed by atoms with van der Waals surface area (Å²) in [7, 11) is 1.55. The van der Waals surface area contributed by atoms with Gasteiger partial charge in [-0.2, -0.15) is 0 Å². The zero-order chi connectivity index (χ0) is 40.1. The van der Waals surface area contributed by atoms with E-state index in [0.717, 1.165) is 45.3 Å². The molecule has 0 bridgehead atoms. The Morgan fingerprint density at radius 3 is 2.23 bits per heavy atom. The molecule has 4 N–H and O–H groups in total. The van der Waals surface area contributed by atoms with Crippen LogP contribution >= 0.6 is 0 Å². The van der Waals surface area contributed by atoms with Crippen molar-refractivity contribution in [2.24, 2.45) is 0 Å². The lowest BCUT2D eigenvalue weighted by Crippen LogP contribution is -2.20. The van der Waals surface area contributed by atoms with E-state index in [9.17, 15) is 24.6 Å². The van der Waals surface area contributed by atoms with Gasteiger partial charge in [-0.25, -0.2) is 0 Å². The molecule has 2 heterocycles. The van der Waals surface area contributed by atoms with Crippen molar-refractivity contribution in [3.05, 3.63) is 108 Å². The molecule has 0 saturated carbocycles. The number of aromatic hydroxyl groups is 2. The van der Waals surface area contributed by atoms with Gasteiger partial charge in [-0.3, -0.25) is 9.59 Å². The van der Waals surface area contributed by atoms with E-state index in [2.05, 4.69) is 15.2 Å². The molecule has 4 aromatic carbocycles. The number of fused-ring (bicyclic) bond motifs is 2. The molecule has 2 aromatic heterocycles. The van der Waals surface area contributed by atoms with Crippen LogP contribution in [0, 0.1) is 6.92 Å². The number of nitrogens with one attached hydrogen (secondary N) is 2. The molecule has 0 aliphatic heterocycles. The van der Waals surface area contributed by atoms with Crippen LogP contribution in [0.4, 0.5) is 5.69 Å². The first kappa shape index (κ1) is 40.5. The second kappa shape index (κ2) is 19.6. The summed E-state index contributed by atoms with van der Waals surface area (Å²) in [6, 6.07) is 25.6. The zero-order valence-corrected chi connectivity index (χ0v) is 32.0. The maximum Gasteiger partial charge on any atom is 0.250 e. The summed E-state index contributed by atoms with van der Waals surface area (Å²) < 4.78 is 30.3. The van der Waals surface area contributed by atoms with Crippen LogP contribution in [-0.4, -0.2) is 86.2 Å². The van der Waals surface area contributed by atoms with E-state index in [0.29, 0.717) is 68.2 Å². The van der Waals surface area contributed by atoms with Gasteiger partial charge in [0.2, 0.25) is 11.8 Å². The highest BCUT2D eigenvalue weighted by molar-refractivity contribution is 5.96. The molecule has 1 atom stereocenters. The van der Waals surface area contributed by atoms with Crippen LogP contribution in [0.25, 0.3) is 33.1 Å². The fourth-order valence-corrected chi connectivity index (χ4v) is 6.68. The Bertz CT molecular complexity index is 2280. The minimum Gasteiger partial charge on any atom is -0.508 e. The van der Waals surface area contributed by atoms with Crippen molar-refractivity contribution in [3.8, 4) is 28.5 Å². The van der Waals surface area contributed by atoms with Crippen molar-refractivity contribution in [1.82, 2.24) is 9.88 Å². The standard InChI is InChI=1S/C44H47N3O10/c1-29-37-24-35(50)11-14-40(37)47(44(29)31-5-9-34(49)10-6-31)25-30-3-12-36(13-4-30)56-22-21-54-18-17-53-19-20-55-28-43(52)46-33-8-15-41-38(23-33)39(27-57-41)32(26-48)7-16-42(51)45-2/h3-6,8-15,23-24,26-27,32,49-50H,7,16-22,25,28H2,1-2H3,(H,45,51)(H,46,52). The van der Waals surface area contributed by atoms with Crippen LogP contribution in [0.1, 0.15) is 35.4 Å². The zero-order valence-electron chi connectivity index (χ0n) is 32.0. The number of aromatic nitrogens is 1. The maximum atomic E-state index is 12.5. The summed E-state index contributed by atoms with van der Waals surface area (Å²) in [4.78, 5) is 35.9. The second-order valence-corrected chi connectivity index (χ2v) is 13.5. The third-order valence-electron chi connectivity index (χ3n) is 9.59. The number of phenols is 2. The van der Waals surface area contributed by atoms with Crippen LogP contribution in [0.3, 0.4) is 0 Å². The van der Waals surface area contributed by atoms with Gasteiger partial charge in [0.15, 0.2) is 0 Å². The summed E-state index contributed by atoms with van der Waals surface area (Å²) in [6.07, 6.45) is 2.87. The van der Waals surface area contributed by atoms with Gasteiger partial charge in [0.1, 0.15) is 42.3 Å². The Morgan fingerprint density at radius 1 is 0.807 bits per heavy atom. The number of amides is 2. The molecule has 2 amide bonds. The van der Waals surface area contributed by atoms with Crippen LogP contribution in [0.5, 0.6) is 17.2 Å². The molecule has 0 aliphatic carbocycles. The van der Waals surface area contributed by atoms with Crippen LogP contribution in [-0.2, 0) is 35.1 Å². The number of aryl methyl sites for hydroxylation is 1. The average molecular weight is 778 g/mol. The van der Waals surface area contributed by atoms with Gasteiger partial charge in [0.05, 0.1) is 45.0 Å². The number of nitrogens with zero attached hydrogens (tertiary/aromatic N) is 1. The SMILES string of the molecule is CNC(=O)CCC(C=O)c1coc2ccc(NC(=O)COCCOCCOCCOc3ccc(Cn4c(-c5ccc(O)cc5)c(C)c5cc(O)ccc54)cc3)cc12. The lowest BCUT2D eigenvalue weighted by Gasteiger charge is -2.13. The monoisotopic (exact) mass is 777 g/mol. The predicted molar refractivity (Wildman–Crippen MR) is 216 cm³/mol. The van der Waals surface area contributed by atoms with Crippen molar-refractivity contribution in [2.45, 2.75) is 32.2 Å². The molecular weight excluding hydrogens is 730 g/mol. The Hall–Kier alpha value is -6.15. The quantitative estimate of drug-likeness (QED) is 0.0456. The minimum atomic E-state index is -0.512. The molecular formula is C44H47N3O10. The normalized spacial score (nSPS) is 11.8. The summed E-state index contributed by atoms with van der Waals surface area (Å²) in [5.74, 6) is 0.146. The molecule has 0 fully saturated rings. The molecule has 298 valence electrons. The van der Waals surface area contributed by atoms with Crippen molar-refractivity contribution in [2.75, 3.05) is 58.6 Å². The third kappa shape index (κ3) is 10.6. The van der Waals surface area contributed by atoms with E-state index in [1.54, 1.807) is 49.5 Å². The Morgan fingerprint density at radius 2 is 1.51 bits per heavy atom. The Labute approximate surface area is 330 Å². The number of carbonyl (C=O) groups is 3.